The molecular formula is C11H18N2O2. The lowest BCUT2D eigenvalue weighted by molar-refractivity contribution is 0.00273. The van der Waals surface area contributed by atoms with Crippen LogP contribution in [0.1, 0.15) is 38.4 Å². The SMILES string of the molecule is COC(C)(C)CCC(O)c1cncnc1. The van der Waals surface area contributed by atoms with Crippen LogP contribution in [0.25, 0.3) is 0 Å². The lowest BCUT2D eigenvalue weighted by Gasteiger charge is -2.24. The van der Waals surface area contributed by atoms with Gasteiger partial charge in [0.05, 0.1) is 11.7 Å². The Morgan fingerprint density at radius 2 is 2.00 bits per heavy atom. The van der Waals surface area contributed by atoms with Crippen LogP contribution in [0, 0.1) is 0 Å². The minimum Gasteiger partial charge on any atom is -0.388 e. The van der Waals surface area contributed by atoms with Gasteiger partial charge in [-0.05, 0) is 26.7 Å². The molecule has 1 unspecified atom stereocenters. The molecule has 15 heavy (non-hydrogen) atoms. The van der Waals surface area contributed by atoms with Crippen molar-refractivity contribution in [3.8, 4) is 0 Å². The second-order valence-electron chi connectivity index (χ2n) is 4.19. The van der Waals surface area contributed by atoms with Crippen LogP contribution in [0.15, 0.2) is 18.7 Å². The summed E-state index contributed by atoms with van der Waals surface area (Å²) in [4.78, 5) is 7.74. The highest BCUT2D eigenvalue weighted by Crippen LogP contribution is 2.23. The molecule has 0 saturated carbocycles. The number of hydrogen-bond donors (Lipinski definition) is 1. The average Bonchev–Trinajstić information content (AvgIpc) is 2.27. The van der Waals surface area contributed by atoms with Gasteiger partial charge in [0.25, 0.3) is 0 Å². The molecule has 0 bridgehead atoms. The van der Waals surface area contributed by atoms with E-state index in [2.05, 4.69) is 9.97 Å². The van der Waals surface area contributed by atoms with Gasteiger partial charge < -0.3 is 9.84 Å². The summed E-state index contributed by atoms with van der Waals surface area (Å²) < 4.78 is 5.28. The van der Waals surface area contributed by atoms with E-state index in [-0.39, 0.29) is 5.60 Å². The number of aromatic nitrogens is 2. The number of aliphatic hydroxyl groups excluding tert-OH is 1. The molecular weight excluding hydrogens is 192 g/mol. The predicted octanol–water partition coefficient (Wildman–Crippen LogP) is 1.72. The minimum atomic E-state index is -0.513. The topological polar surface area (TPSA) is 55.2 Å². The molecule has 1 atom stereocenters. The van der Waals surface area contributed by atoms with Gasteiger partial charge >= 0.3 is 0 Å². The molecule has 0 aliphatic rings. The molecule has 1 heterocycles. The van der Waals surface area contributed by atoms with E-state index in [0.29, 0.717) is 6.42 Å². The summed E-state index contributed by atoms with van der Waals surface area (Å²) in [6.45, 7) is 4.00. The Kier molecular flexibility index (Phi) is 4.17. The van der Waals surface area contributed by atoms with Crippen LogP contribution in [0.3, 0.4) is 0 Å². The number of methoxy groups -OCH3 is 1. The van der Waals surface area contributed by atoms with Crippen molar-refractivity contribution < 1.29 is 9.84 Å². The maximum absolute atomic E-state index is 9.84. The van der Waals surface area contributed by atoms with Crippen LogP contribution in [-0.2, 0) is 4.74 Å². The molecule has 1 N–H and O–H groups in total. The van der Waals surface area contributed by atoms with Crippen LogP contribution in [-0.4, -0.2) is 27.8 Å². The highest BCUT2D eigenvalue weighted by Gasteiger charge is 2.19. The van der Waals surface area contributed by atoms with E-state index in [1.54, 1.807) is 19.5 Å². The van der Waals surface area contributed by atoms with Crippen molar-refractivity contribution in [1.29, 1.82) is 0 Å². The van der Waals surface area contributed by atoms with Crippen molar-refractivity contribution in [3.63, 3.8) is 0 Å². The normalized spacial score (nSPS) is 13.9. The first-order chi connectivity index (χ1) is 7.05. The summed E-state index contributed by atoms with van der Waals surface area (Å²) >= 11 is 0. The van der Waals surface area contributed by atoms with Crippen molar-refractivity contribution in [2.75, 3.05) is 7.11 Å². The summed E-state index contributed by atoms with van der Waals surface area (Å²) in [5.74, 6) is 0. The van der Waals surface area contributed by atoms with Gasteiger partial charge in [0.15, 0.2) is 0 Å². The number of aliphatic hydroxyl groups is 1. The minimum absolute atomic E-state index is 0.198. The second kappa shape index (κ2) is 5.19. The van der Waals surface area contributed by atoms with Gasteiger partial charge in [-0.1, -0.05) is 0 Å². The maximum atomic E-state index is 9.84. The highest BCUT2D eigenvalue weighted by atomic mass is 16.5. The van der Waals surface area contributed by atoms with Crippen molar-refractivity contribution >= 4 is 0 Å². The lowest BCUT2D eigenvalue weighted by Crippen LogP contribution is -2.23. The zero-order valence-corrected chi connectivity index (χ0v) is 9.47. The average molecular weight is 210 g/mol. The molecule has 0 aliphatic carbocycles. The third-order valence-corrected chi connectivity index (χ3v) is 2.54. The number of ether oxygens (including phenoxy) is 1. The summed E-state index contributed by atoms with van der Waals surface area (Å²) in [6, 6.07) is 0. The monoisotopic (exact) mass is 210 g/mol. The van der Waals surface area contributed by atoms with Crippen LogP contribution < -0.4 is 0 Å². The maximum Gasteiger partial charge on any atom is 0.115 e. The van der Waals surface area contributed by atoms with E-state index in [1.165, 1.54) is 6.33 Å². The first-order valence-electron chi connectivity index (χ1n) is 5.03. The van der Waals surface area contributed by atoms with Crippen LogP contribution in [0.2, 0.25) is 0 Å². The zero-order valence-electron chi connectivity index (χ0n) is 9.47. The quantitative estimate of drug-likeness (QED) is 0.804. The van der Waals surface area contributed by atoms with E-state index >= 15 is 0 Å². The fourth-order valence-corrected chi connectivity index (χ4v) is 1.24. The molecule has 0 fully saturated rings. The van der Waals surface area contributed by atoms with Crippen molar-refractivity contribution in [1.82, 2.24) is 9.97 Å². The summed E-state index contributed by atoms with van der Waals surface area (Å²) in [6.07, 6.45) is 5.65. The second-order valence-corrected chi connectivity index (χ2v) is 4.19. The first kappa shape index (κ1) is 12.1. The van der Waals surface area contributed by atoms with Crippen molar-refractivity contribution in [3.05, 3.63) is 24.3 Å². The molecule has 1 aromatic heterocycles. The molecule has 0 aliphatic heterocycles. The van der Waals surface area contributed by atoms with Gasteiger partial charge in [-0.25, -0.2) is 9.97 Å². The Labute approximate surface area is 90.3 Å². The zero-order chi connectivity index (χ0) is 11.3. The highest BCUT2D eigenvalue weighted by molar-refractivity contribution is 5.06. The first-order valence-corrected chi connectivity index (χ1v) is 5.03. The number of nitrogens with zero attached hydrogens (tertiary/aromatic N) is 2. The molecule has 0 radical (unpaired) electrons. The largest absolute Gasteiger partial charge is 0.388 e. The summed E-state index contributed by atoms with van der Waals surface area (Å²) in [5.41, 5.74) is 0.556. The van der Waals surface area contributed by atoms with Crippen molar-refractivity contribution in [2.24, 2.45) is 0 Å². The molecule has 1 rings (SSSR count). The van der Waals surface area contributed by atoms with Crippen LogP contribution in [0.4, 0.5) is 0 Å². The standard InChI is InChI=1S/C11H18N2O2/c1-11(2,15-3)5-4-10(14)9-6-12-8-13-7-9/h6-8,10,14H,4-5H2,1-3H3. The van der Waals surface area contributed by atoms with Gasteiger partial charge in [0.1, 0.15) is 6.33 Å². The van der Waals surface area contributed by atoms with E-state index in [1.807, 2.05) is 13.8 Å². The van der Waals surface area contributed by atoms with E-state index in [0.717, 1.165) is 12.0 Å². The summed E-state index contributed by atoms with van der Waals surface area (Å²) in [7, 11) is 1.68. The molecule has 0 aromatic carbocycles. The van der Waals surface area contributed by atoms with Crippen LogP contribution >= 0.6 is 0 Å². The summed E-state index contributed by atoms with van der Waals surface area (Å²) in [5, 5.41) is 9.84. The molecule has 0 spiro atoms. The Balaban J connectivity index is 2.47. The molecule has 0 saturated heterocycles. The van der Waals surface area contributed by atoms with Crippen LogP contribution in [0.5, 0.6) is 0 Å². The van der Waals surface area contributed by atoms with Gasteiger partial charge in [0.2, 0.25) is 0 Å². The lowest BCUT2D eigenvalue weighted by atomic mass is 9.98. The van der Waals surface area contributed by atoms with Gasteiger partial charge in [0, 0.05) is 25.1 Å². The van der Waals surface area contributed by atoms with Gasteiger partial charge in [-0.15, -0.1) is 0 Å². The Morgan fingerprint density at radius 3 is 2.53 bits per heavy atom. The number of rotatable bonds is 5. The Morgan fingerprint density at radius 1 is 1.40 bits per heavy atom. The van der Waals surface area contributed by atoms with Gasteiger partial charge in [-0.2, -0.15) is 0 Å². The van der Waals surface area contributed by atoms with Crippen molar-refractivity contribution in [2.45, 2.75) is 38.4 Å². The molecule has 1 aromatic rings. The molecule has 84 valence electrons. The fourth-order valence-electron chi connectivity index (χ4n) is 1.24. The number of hydrogen-bond acceptors (Lipinski definition) is 4. The van der Waals surface area contributed by atoms with E-state index < -0.39 is 6.10 Å². The van der Waals surface area contributed by atoms with Gasteiger partial charge in [-0.3, -0.25) is 0 Å². The Hall–Kier alpha value is -1.00. The third-order valence-electron chi connectivity index (χ3n) is 2.54. The molecule has 0 amide bonds. The Bertz CT molecular complexity index is 288. The predicted molar refractivity (Wildman–Crippen MR) is 57.3 cm³/mol. The third kappa shape index (κ3) is 3.93. The van der Waals surface area contributed by atoms with E-state index in [9.17, 15) is 5.11 Å². The smallest absolute Gasteiger partial charge is 0.115 e. The molecule has 4 nitrogen and oxygen atoms in total. The fraction of sp³-hybridized carbons (Fsp3) is 0.636. The molecule has 4 heteroatoms. The van der Waals surface area contributed by atoms with E-state index in [4.69, 9.17) is 4.74 Å².